The minimum Gasteiger partial charge on any atom is -0.326 e. The number of hydrogen-bond donors (Lipinski definition) is 1. The maximum absolute atomic E-state index is 6.37. The Kier molecular flexibility index (Phi) is 4.57. The van der Waals surface area contributed by atoms with E-state index in [2.05, 4.69) is 30.5 Å². The maximum Gasteiger partial charge on any atom is 0.0250 e. The zero-order valence-electron chi connectivity index (χ0n) is 10.7. The molecule has 2 aliphatic rings. The number of hydrogen-bond acceptors (Lipinski definition) is 3. The number of rotatable bonds is 1. The van der Waals surface area contributed by atoms with E-state index in [1.807, 2.05) is 0 Å². The van der Waals surface area contributed by atoms with Crippen molar-refractivity contribution in [3.8, 4) is 0 Å². The summed E-state index contributed by atoms with van der Waals surface area (Å²) in [7, 11) is 0. The molecule has 0 amide bonds. The molecule has 2 nitrogen and oxygen atoms in total. The van der Waals surface area contributed by atoms with Gasteiger partial charge in [-0.3, -0.25) is 4.90 Å². The van der Waals surface area contributed by atoms with E-state index in [0.717, 1.165) is 5.25 Å². The summed E-state index contributed by atoms with van der Waals surface area (Å²) in [5.74, 6) is 1.29. The molecule has 0 aromatic carbocycles. The van der Waals surface area contributed by atoms with Gasteiger partial charge in [0.25, 0.3) is 0 Å². The molecule has 1 aliphatic carbocycles. The van der Waals surface area contributed by atoms with E-state index in [4.69, 9.17) is 5.73 Å². The van der Waals surface area contributed by atoms with Crippen LogP contribution in [0.4, 0.5) is 0 Å². The van der Waals surface area contributed by atoms with E-state index in [0.29, 0.717) is 18.1 Å². The van der Waals surface area contributed by atoms with E-state index in [1.54, 1.807) is 0 Å². The molecule has 16 heavy (non-hydrogen) atoms. The second kappa shape index (κ2) is 5.74. The zero-order chi connectivity index (χ0) is 11.5. The molecule has 0 aromatic heterocycles. The van der Waals surface area contributed by atoms with Gasteiger partial charge in [0, 0.05) is 35.7 Å². The largest absolute Gasteiger partial charge is 0.326 e. The number of thioether (sulfide) groups is 1. The molecule has 94 valence electrons. The lowest BCUT2D eigenvalue weighted by atomic mass is 9.99. The molecule has 1 saturated carbocycles. The molecule has 3 heteroatoms. The van der Waals surface area contributed by atoms with E-state index < -0.39 is 0 Å². The molecule has 2 rings (SSSR count). The molecule has 0 radical (unpaired) electrons. The van der Waals surface area contributed by atoms with Crippen molar-refractivity contribution in [3.63, 3.8) is 0 Å². The van der Waals surface area contributed by atoms with Crippen LogP contribution in [0.5, 0.6) is 0 Å². The Morgan fingerprint density at radius 2 is 1.88 bits per heavy atom. The Bertz CT molecular complexity index is 222. The van der Waals surface area contributed by atoms with Crippen LogP contribution in [0.3, 0.4) is 0 Å². The second-order valence-electron chi connectivity index (χ2n) is 5.42. The molecule has 2 fully saturated rings. The Labute approximate surface area is 104 Å². The minimum absolute atomic E-state index is 0.417. The van der Waals surface area contributed by atoms with E-state index in [9.17, 15) is 0 Å². The predicted octanol–water partition coefficient (Wildman–Crippen LogP) is 2.47. The van der Waals surface area contributed by atoms with Crippen LogP contribution in [0, 0.1) is 0 Å². The molecule has 0 spiro atoms. The van der Waals surface area contributed by atoms with Gasteiger partial charge in [-0.25, -0.2) is 0 Å². The molecule has 1 aliphatic heterocycles. The van der Waals surface area contributed by atoms with Gasteiger partial charge in [-0.15, -0.1) is 0 Å². The van der Waals surface area contributed by atoms with E-state index in [-0.39, 0.29) is 0 Å². The highest BCUT2D eigenvalue weighted by atomic mass is 32.2. The minimum atomic E-state index is 0.417. The Morgan fingerprint density at radius 1 is 1.12 bits per heavy atom. The lowest BCUT2D eigenvalue weighted by Crippen LogP contribution is -2.55. The lowest BCUT2D eigenvalue weighted by Gasteiger charge is -2.44. The highest BCUT2D eigenvalue weighted by Crippen LogP contribution is 2.30. The highest BCUT2D eigenvalue weighted by molar-refractivity contribution is 8.00. The average Bonchev–Trinajstić information content (AvgIpc) is 2.47. The predicted molar refractivity (Wildman–Crippen MR) is 72.9 cm³/mol. The summed E-state index contributed by atoms with van der Waals surface area (Å²) in [6.07, 6.45) is 6.66. The zero-order valence-corrected chi connectivity index (χ0v) is 11.5. The van der Waals surface area contributed by atoms with Crippen LogP contribution in [0.2, 0.25) is 0 Å². The van der Waals surface area contributed by atoms with Crippen molar-refractivity contribution in [1.29, 1.82) is 0 Å². The van der Waals surface area contributed by atoms with Gasteiger partial charge >= 0.3 is 0 Å². The summed E-state index contributed by atoms with van der Waals surface area (Å²) in [6, 6.07) is 1.77. The third kappa shape index (κ3) is 2.74. The highest BCUT2D eigenvalue weighted by Gasteiger charge is 2.33. The summed E-state index contributed by atoms with van der Waals surface area (Å²) < 4.78 is 0. The van der Waals surface area contributed by atoms with Crippen molar-refractivity contribution >= 4 is 11.8 Å². The first-order chi connectivity index (χ1) is 7.70. The topological polar surface area (TPSA) is 29.3 Å². The van der Waals surface area contributed by atoms with Crippen LogP contribution in [0.1, 0.15) is 46.0 Å². The van der Waals surface area contributed by atoms with Gasteiger partial charge in [0.2, 0.25) is 0 Å². The fourth-order valence-corrected chi connectivity index (χ4v) is 4.28. The summed E-state index contributed by atoms with van der Waals surface area (Å²) in [5, 5.41) is 0.768. The van der Waals surface area contributed by atoms with Gasteiger partial charge in [0.15, 0.2) is 0 Å². The Hall–Kier alpha value is 0.270. The van der Waals surface area contributed by atoms with Crippen LogP contribution in [0.25, 0.3) is 0 Å². The first kappa shape index (κ1) is 12.7. The first-order valence-corrected chi connectivity index (χ1v) is 7.88. The SMILES string of the molecule is CC1SCCN(C2CCCCCC2N)C1C. The van der Waals surface area contributed by atoms with Gasteiger partial charge in [0.05, 0.1) is 0 Å². The fraction of sp³-hybridized carbons (Fsp3) is 1.00. The van der Waals surface area contributed by atoms with Gasteiger partial charge in [-0.2, -0.15) is 11.8 Å². The smallest absolute Gasteiger partial charge is 0.0250 e. The number of nitrogens with two attached hydrogens (primary N) is 1. The summed E-state index contributed by atoms with van der Waals surface area (Å²) >= 11 is 2.12. The molecule has 1 saturated heterocycles. The van der Waals surface area contributed by atoms with E-state index in [1.165, 1.54) is 44.4 Å². The number of nitrogens with zero attached hydrogens (tertiary/aromatic N) is 1. The quantitative estimate of drug-likeness (QED) is 0.716. The Balaban J connectivity index is 2.02. The van der Waals surface area contributed by atoms with Crippen molar-refractivity contribution in [3.05, 3.63) is 0 Å². The lowest BCUT2D eigenvalue weighted by molar-refractivity contribution is 0.120. The van der Waals surface area contributed by atoms with Crippen molar-refractivity contribution in [2.45, 2.75) is 69.3 Å². The summed E-state index contributed by atoms with van der Waals surface area (Å²) in [6.45, 7) is 5.99. The van der Waals surface area contributed by atoms with Crippen molar-refractivity contribution in [2.75, 3.05) is 12.3 Å². The average molecular weight is 242 g/mol. The normalized spacial score (nSPS) is 42.9. The monoisotopic (exact) mass is 242 g/mol. The van der Waals surface area contributed by atoms with Crippen LogP contribution in [-0.2, 0) is 0 Å². The fourth-order valence-electron chi connectivity index (χ4n) is 3.15. The Morgan fingerprint density at radius 3 is 2.69 bits per heavy atom. The van der Waals surface area contributed by atoms with Crippen molar-refractivity contribution < 1.29 is 0 Å². The molecule has 4 unspecified atom stereocenters. The molecule has 0 bridgehead atoms. The molecule has 4 atom stereocenters. The third-order valence-corrected chi connectivity index (χ3v) is 5.73. The standard InChI is InChI=1S/C13H26N2S/c1-10-11(2)16-9-8-15(10)13-7-5-3-4-6-12(13)14/h10-13H,3-9,14H2,1-2H3. The van der Waals surface area contributed by atoms with Crippen LogP contribution in [-0.4, -0.2) is 40.6 Å². The van der Waals surface area contributed by atoms with Gasteiger partial charge in [0.1, 0.15) is 0 Å². The van der Waals surface area contributed by atoms with Crippen LogP contribution in [0.15, 0.2) is 0 Å². The molecular formula is C13H26N2S. The van der Waals surface area contributed by atoms with Gasteiger partial charge in [-0.05, 0) is 19.8 Å². The summed E-state index contributed by atoms with van der Waals surface area (Å²) in [5.41, 5.74) is 6.37. The molecule has 0 aromatic rings. The molecule has 2 N–H and O–H groups in total. The molecule has 1 heterocycles. The van der Waals surface area contributed by atoms with Crippen molar-refractivity contribution in [1.82, 2.24) is 4.90 Å². The van der Waals surface area contributed by atoms with E-state index >= 15 is 0 Å². The van der Waals surface area contributed by atoms with Crippen molar-refractivity contribution in [2.24, 2.45) is 5.73 Å². The van der Waals surface area contributed by atoms with Crippen LogP contribution >= 0.6 is 11.8 Å². The molecular weight excluding hydrogens is 216 g/mol. The van der Waals surface area contributed by atoms with Crippen LogP contribution < -0.4 is 5.73 Å². The first-order valence-electron chi connectivity index (χ1n) is 6.83. The third-order valence-electron chi connectivity index (χ3n) is 4.39. The maximum atomic E-state index is 6.37. The summed E-state index contributed by atoms with van der Waals surface area (Å²) in [4.78, 5) is 2.71. The van der Waals surface area contributed by atoms with Gasteiger partial charge in [-0.1, -0.05) is 26.2 Å². The second-order valence-corrected chi connectivity index (χ2v) is 6.91. The van der Waals surface area contributed by atoms with Gasteiger partial charge < -0.3 is 5.73 Å².